The Labute approximate surface area is 94.8 Å². The van der Waals surface area contributed by atoms with Gasteiger partial charge in [-0.1, -0.05) is 0 Å². The summed E-state index contributed by atoms with van der Waals surface area (Å²) < 4.78 is 41.6. The lowest BCUT2D eigenvalue weighted by molar-refractivity contribution is -0.145. The van der Waals surface area contributed by atoms with Gasteiger partial charge in [0, 0.05) is 0 Å². The van der Waals surface area contributed by atoms with Gasteiger partial charge in [-0.15, -0.1) is 0 Å². The Bertz CT molecular complexity index is 409. The van der Waals surface area contributed by atoms with Gasteiger partial charge in [0.1, 0.15) is 18.1 Å². The molecule has 0 spiro atoms. The number of aromatic nitrogens is 2. The number of hydrogen-bond donors (Lipinski definition) is 1. The lowest BCUT2D eigenvalue weighted by Crippen LogP contribution is -2.25. The zero-order valence-electron chi connectivity index (χ0n) is 8.86. The van der Waals surface area contributed by atoms with Crippen molar-refractivity contribution >= 4 is 5.97 Å². The van der Waals surface area contributed by atoms with Crippen molar-refractivity contribution < 1.29 is 22.7 Å². The minimum atomic E-state index is -4.61. The average molecular weight is 249 g/mol. The second-order valence-electron chi connectivity index (χ2n) is 3.06. The van der Waals surface area contributed by atoms with Crippen LogP contribution in [0.25, 0.3) is 0 Å². The van der Waals surface area contributed by atoms with Gasteiger partial charge in [-0.25, -0.2) is 14.8 Å². The quantitative estimate of drug-likeness (QED) is 0.810. The third kappa shape index (κ3) is 3.38. The van der Waals surface area contributed by atoms with Gasteiger partial charge in [0.05, 0.1) is 12.3 Å². The maximum atomic E-state index is 12.3. The van der Waals surface area contributed by atoms with Crippen molar-refractivity contribution in [2.45, 2.75) is 19.1 Å². The van der Waals surface area contributed by atoms with Crippen LogP contribution in [0, 0.1) is 0 Å². The second-order valence-corrected chi connectivity index (χ2v) is 3.06. The van der Waals surface area contributed by atoms with Gasteiger partial charge in [0.25, 0.3) is 0 Å². The zero-order valence-corrected chi connectivity index (χ0v) is 8.86. The van der Waals surface area contributed by atoms with Gasteiger partial charge in [0.15, 0.2) is 0 Å². The number of ether oxygens (including phenoxy) is 1. The summed E-state index contributed by atoms with van der Waals surface area (Å²) in [6.07, 6.45) is -3.90. The number of halogens is 3. The van der Waals surface area contributed by atoms with Gasteiger partial charge in [-0.05, 0) is 13.0 Å². The number of esters is 1. The fourth-order valence-corrected chi connectivity index (χ4v) is 1.05. The number of carbonyl (C=O) groups excluding carboxylic acids is 1. The van der Waals surface area contributed by atoms with Crippen LogP contribution < -0.4 is 5.73 Å². The van der Waals surface area contributed by atoms with Crippen LogP contribution in [0.5, 0.6) is 0 Å². The Balaban J connectivity index is 2.96. The van der Waals surface area contributed by atoms with E-state index in [9.17, 15) is 18.0 Å². The molecule has 1 aromatic rings. The molecular weight excluding hydrogens is 239 g/mol. The summed E-state index contributed by atoms with van der Waals surface area (Å²) in [5.74, 6) is -0.834. The molecule has 1 atom stereocenters. The highest BCUT2D eigenvalue weighted by molar-refractivity contribution is 5.76. The molecule has 1 unspecified atom stereocenters. The molecule has 0 bridgehead atoms. The van der Waals surface area contributed by atoms with Crippen molar-refractivity contribution in [3.63, 3.8) is 0 Å². The van der Waals surface area contributed by atoms with E-state index in [2.05, 4.69) is 14.7 Å². The average Bonchev–Trinajstić information content (AvgIpc) is 2.27. The Kier molecular flexibility index (Phi) is 4.00. The zero-order chi connectivity index (χ0) is 13.1. The first-order chi connectivity index (χ1) is 7.86. The fraction of sp³-hybridized carbons (Fsp3) is 0.444. The van der Waals surface area contributed by atoms with E-state index in [-0.39, 0.29) is 12.3 Å². The Morgan fingerprint density at radius 3 is 2.71 bits per heavy atom. The Morgan fingerprint density at radius 1 is 1.53 bits per heavy atom. The molecule has 5 nitrogen and oxygen atoms in total. The number of hydrogen-bond acceptors (Lipinski definition) is 5. The summed E-state index contributed by atoms with van der Waals surface area (Å²) in [6.45, 7) is 1.65. The molecule has 1 aromatic heterocycles. The summed E-state index contributed by atoms with van der Waals surface area (Å²) in [5, 5.41) is 0. The largest absolute Gasteiger partial charge is 0.465 e. The van der Waals surface area contributed by atoms with Crippen LogP contribution >= 0.6 is 0 Å². The summed E-state index contributed by atoms with van der Waals surface area (Å²) in [4.78, 5) is 17.8. The number of carbonyl (C=O) groups is 1. The van der Waals surface area contributed by atoms with E-state index in [4.69, 9.17) is 5.73 Å². The van der Waals surface area contributed by atoms with Gasteiger partial charge < -0.3 is 10.5 Å². The molecule has 0 fully saturated rings. The van der Waals surface area contributed by atoms with E-state index < -0.39 is 23.9 Å². The van der Waals surface area contributed by atoms with Crippen molar-refractivity contribution in [3.05, 3.63) is 23.8 Å². The van der Waals surface area contributed by atoms with Gasteiger partial charge in [-0.2, -0.15) is 13.2 Å². The summed E-state index contributed by atoms with van der Waals surface area (Å²) in [6, 6.07) is -0.722. The van der Waals surface area contributed by atoms with E-state index in [1.54, 1.807) is 6.92 Å². The van der Waals surface area contributed by atoms with Gasteiger partial charge >= 0.3 is 12.1 Å². The molecular formula is C9H10F3N3O2. The van der Waals surface area contributed by atoms with E-state index in [0.717, 1.165) is 0 Å². The number of rotatable bonds is 3. The highest BCUT2D eigenvalue weighted by Gasteiger charge is 2.33. The molecule has 0 aromatic carbocycles. The molecule has 17 heavy (non-hydrogen) atoms. The third-order valence-corrected chi connectivity index (χ3v) is 1.84. The summed E-state index contributed by atoms with van der Waals surface area (Å²) in [7, 11) is 0. The smallest absolute Gasteiger partial charge is 0.433 e. The third-order valence-electron chi connectivity index (χ3n) is 1.84. The molecule has 94 valence electrons. The van der Waals surface area contributed by atoms with Crippen LogP contribution in [0.1, 0.15) is 24.4 Å². The number of nitrogens with two attached hydrogens (primary N) is 1. The maximum absolute atomic E-state index is 12.3. The van der Waals surface area contributed by atoms with E-state index >= 15 is 0 Å². The molecule has 2 N–H and O–H groups in total. The molecule has 0 aliphatic heterocycles. The highest BCUT2D eigenvalue weighted by Crippen LogP contribution is 2.28. The first-order valence-electron chi connectivity index (χ1n) is 4.67. The van der Waals surface area contributed by atoms with Crippen molar-refractivity contribution in [2.24, 2.45) is 5.73 Å². The van der Waals surface area contributed by atoms with Crippen molar-refractivity contribution in [1.82, 2.24) is 9.97 Å². The predicted octanol–water partition coefficient (Wildman–Crippen LogP) is 1.06. The monoisotopic (exact) mass is 249 g/mol. The highest BCUT2D eigenvalue weighted by atomic mass is 19.4. The van der Waals surface area contributed by atoms with Gasteiger partial charge in [-0.3, -0.25) is 0 Å². The van der Waals surface area contributed by atoms with Crippen molar-refractivity contribution in [2.75, 3.05) is 6.61 Å². The van der Waals surface area contributed by atoms with Crippen LogP contribution in [0.3, 0.4) is 0 Å². The van der Waals surface area contributed by atoms with E-state index in [1.165, 1.54) is 0 Å². The lowest BCUT2D eigenvalue weighted by Gasteiger charge is -2.11. The molecule has 0 saturated carbocycles. The normalized spacial score (nSPS) is 13.2. The molecule has 1 rings (SSSR count). The van der Waals surface area contributed by atoms with Gasteiger partial charge in [0.2, 0.25) is 0 Å². The summed E-state index contributed by atoms with van der Waals surface area (Å²) >= 11 is 0. The number of nitrogens with zero attached hydrogens (tertiary/aromatic N) is 2. The molecule has 8 heteroatoms. The second kappa shape index (κ2) is 5.09. The first kappa shape index (κ1) is 13.4. The predicted molar refractivity (Wildman–Crippen MR) is 50.6 cm³/mol. The van der Waals surface area contributed by atoms with Crippen LogP contribution in [0.15, 0.2) is 12.4 Å². The Morgan fingerprint density at radius 2 is 2.18 bits per heavy atom. The topological polar surface area (TPSA) is 78.1 Å². The minimum absolute atomic E-state index is 0.0870. The van der Waals surface area contributed by atoms with E-state index in [0.29, 0.717) is 12.4 Å². The summed E-state index contributed by atoms with van der Waals surface area (Å²) in [5.41, 5.74) is 4.02. The standard InChI is InChI=1S/C9H10F3N3O2/c1-2-17-8(16)7(13)5-3-6(9(10,11)12)15-4-14-5/h3-4,7H,2,13H2,1H3. The minimum Gasteiger partial charge on any atom is -0.465 e. The molecule has 0 saturated heterocycles. The SMILES string of the molecule is CCOC(=O)C(N)c1cc(C(F)(F)F)ncn1. The van der Waals surface area contributed by atoms with Crippen molar-refractivity contribution in [3.8, 4) is 0 Å². The van der Waals surface area contributed by atoms with Crippen LogP contribution in [0.4, 0.5) is 13.2 Å². The molecule has 1 heterocycles. The van der Waals surface area contributed by atoms with Crippen LogP contribution in [-0.4, -0.2) is 22.5 Å². The molecule has 0 radical (unpaired) electrons. The number of alkyl halides is 3. The lowest BCUT2D eigenvalue weighted by atomic mass is 10.2. The maximum Gasteiger partial charge on any atom is 0.433 e. The molecule has 0 aliphatic rings. The van der Waals surface area contributed by atoms with Crippen LogP contribution in [0.2, 0.25) is 0 Å². The molecule has 0 aliphatic carbocycles. The first-order valence-corrected chi connectivity index (χ1v) is 4.67. The Hall–Kier alpha value is -1.70. The van der Waals surface area contributed by atoms with Crippen molar-refractivity contribution in [1.29, 1.82) is 0 Å². The fourth-order valence-electron chi connectivity index (χ4n) is 1.05. The molecule has 0 amide bonds. The van der Waals surface area contributed by atoms with E-state index in [1.807, 2.05) is 0 Å². The van der Waals surface area contributed by atoms with Crippen LogP contribution in [-0.2, 0) is 15.7 Å².